The maximum atomic E-state index is 13.2. The van der Waals surface area contributed by atoms with Crippen molar-refractivity contribution in [1.82, 2.24) is 9.80 Å². The van der Waals surface area contributed by atoms with E-state index < -0.39 is 0 Å². The van der Waals surface area contributed by atoms with E-state index in [0.29, 0.717) is 13.0 Å². The molecule has 1 amide bonds. The van der Waals surface area contributed by atoms with Crippen LogP contribution < -0.4 is 4.74 Å². The highest BCUT2D eigenvalue weighted by atomic mass is 16.5. The second kappa shape index (κ2) is 11.0. The van der Waals surface area contributed by atoms with Crippen LogP contribution in [0.15, 0.2) is 78.9 Å². The lowest BCUT2D eigenvalue weighted by Gasteiger charge is -2.55. The predicted molar refractivity (Wildman–Crippen MR) is 141 cm³/mol. The summed E-state index contributed by atoms with van der Waals surface area (Å²) in [6.07, 6.45) is 1.31. The fraction of sp³-hybridized carbons (Fsp3) is 0.323. The van der Waals surface area contributed by atoms with E-state index in [1.807, 2.05) is 59.5 Å². The van der Waals surface area contributed by atoms with Crippen LogP contribution in [0.4, 0.5) is 0 Å². The average molecular weight is 481 g/mol. The SMILES string of the molecule is COc1ccc(CC(=O)N2CCCN3[C@H](CO)[C@H](c4ccc(C#Cc5ccccc5)cc4)[C@@H]3C2)cc1. The Bertz CT molecular complexity index is 1230. The smallest absolute Gasteiger partial charge is 0.227 e. The number of methoxy groups -OCH3 is 1. The summed E-state index contributed by atoms with van der Waals surface area (Å²) < 4.78 is 5.23. The van der Waals surface area contributed by atoms with Crippen LogP contribution in [0.2, 0.25) is 0 Å². The van der Waals surface area contributed by atoms with Gasteiger partial charge in [-0.2, -0.15) is 0 Å². The van der Waals surface area contributed by atoms with Crippen molar-refractivity contribution in [3.63, 3.8) is 0 Å². The Morgan fingerprint density at radius 2 is 1.64 bits per heavy atom. The minimum Gasteiger partial charge on any atom is -0.497 e. The molecule has 3 aromatic carbocycles. The third-order valence-corrected chi connectivity index (χ3v) is 7.41. The number of ether oxygens (including phenoxy) is 1. The van der Waals surface area contributed by atoms with Gasteiger partial charge in [0.2, 0.25) is 5.91 Å². The topological polar surface area (TPSA) is 53.0 Å². The lowest BCUT2D eigenvalue weighted by atomic mass is 9.75. The minimum absolute atomic E-state index is 0.0906. The first-order valence-electron chi connectivity index (χ1n) is 12.6. The van der Waals surface area contributed by atoms with E-state index in [1.54, 1.807) is 7.11 Å². The van der Waals surface area contributed by atoms with E-state index in [4.69, 9.17) is 4.74 Å². The van der Waals surface area contributed by atoms with Crippen molar-refractivity contribution in [1.29, 1.82) is 0 Å². The molecule has 0 spiro atoms. The molecule has 5 rings (SSSR count). The van der Waals surface area contributed by atoms with Crippen LogP contribution in [0, 0.1) is 11.8 Å². The fourth-order valence-electron chi connectivity index (χ4n) is 5.50. The van der Waals surface area contributed by atoms with Crippen molar-refractivity contribution in [2.24, 2.45) is 0 Å². The molecule has 2 aliphatic rings. The molecule has 184 valence electrons. The molecule has 2 aliphatic heterocycles. The highest BCUT2D eigenvalue weighted by Crippen LogP contribution is 2.42. The van der Waals surface area contributed by atoms with Crippen molar-refractivity contribution < 1.29 is 14.6 Å². The summed E-state index contributed by atoms with van der Waals surface area (Å²) in [6, 6.07) is 26.4. The van der Waals surface area contributed by atoms with Crippen molar-refractivity contribution in [2.75, 3.05) is 33.4 Å². The number of carbonyl (C=O) groups is 1. The summed E-state index contributed by atoms with van der Waals surface area (Å²) in [5.74, 6) is 7.58. The lowest BCUT2D eigenvalue weighted by molar-refractivity contribution is -0.132. The minimum atomic E-state index is 0.0906. The zero-order valence-electron chi connectivity index (χ0n) is 20.6. The van der Waals surface area contributed by atoms with Gasteiger partial charge in [0.25, 0.3) is 0 Å². The quantitative estimate of drug-likeness (QED) is 0.566. The summed E-state index contributed by atoms with van der Waals surface area (Å²) in [7, 11) is 1.64. The number of benzene rings is 3. The van der Waals surface area contributed by atoms with Crippen molar-refractivity contribution >= 4 is 5.91 Å². The van der Waals surface area contributed by atoms with Crippen LogP contribution in [0.5, 0.6) is 5.75 Å². The first-order valence-corrected chi connectivity index (χ1v) is 12.6. The van der Waals surface area contributed by atoms with Gasteiger partial charge in [-0.1, -0.05) is 54.3 Å². The van der Waals surface area contributed by atoms with E-state index in [9.17, 15) is 9.90 Å². The Balaban J connectivity index is 1.28. The Morgan fingerprint density at radius 3 is 2.31 bits per heavy atom. The average Bonchev–Trinajstić information content (AvgIpc) is 3.10. The van der Waals surface area contributed by atoms with Gasteiger partial charge in [-0.3, -0.25) is 9.69 Å². The molecule has 2 fully saturated rings. The molecule has 3 atom stereocenters. The van der Waals surface area contributed by atoms with Gasteiger partial charge in [-0.15, -0.1) is 0 Å². The molecule has 0 aromatic heterocycles. The Kier molecular flexibility index (Phi) is 7.36. The van der Waals surface area contributed by atoms with E-state index in [1.165, 1.54) is 5.56 Å². The van der Waals surface area contributed by atoms with E-state index in [0.717, 1.165) is 42.0 Å². The van der Waals surface area contributed by atoms with Crippen LogP contribution in [0.1, 0.15) is 34.6 Å². The zero-order valence-corrected chi connectivity index (χ0v) is 20.6. The van der Waals surface area contributed by atoms with E-state index in [-0.39, 0.29) is 30.5 Å². The van der Waals surface area contributed by atoms with Gasteiger partial charge < -0.3 is 14.7 Å². The molecule has 0 aliphatic carbocycles. The largest absolute Gasteiger partial charge is 0.497 e. The van der Waals surface area contributed by atoms with Crippen LogP contribution in [0.3, 0.4) is 0 Å². The number of carbonyl (C=O) groups excluding carboxylic acids is 1. The van der Waals surface area contributed by atoms with Gasteiger partial charge in [0, 0.05) is 48.8 Å². The number of hydrogen-bond donors (Lipinski definition) is 1. The number of rotatable bonds is 5. The summed E-state index contributed by atoms with van der Waals surface area (Å²) in [5.41, 5.74) is 4.16. The Labute approximate surface area is 213 Å². The van der Waals surface area contributed by atoms with Crippen molar-refractivity contribution in [2.45, 2.75) is 30.8 Å². The summed E-state index contributed by atoms with van der Waals surface area (Å²) in [4.78, 5) is 17.6. The molecular formula is C31H32N2O3. The summed E-state index contributed by atoms with van der Waals surface area (Å²) >= 11 is 0. The molecule has 2 heterocycles. The number of fused-ring (bicyclic) bond motifs is 1. The molecule has 0 radical (unpaired) electrons. The highest BCUT2D eigenvalue weighted by molar-refractivity contribution is 5.79. The molecule has 36 heavy (non-hydrogen) atoms. The maximum Gasteiger partial charge on any atom is 0.227 e. The molecule has 0 saturated carbocycles. The van der Waals surface area contributed by atoms with Crippen LogP contribution >= 0.6 is 0 Å². The molecular weight excluding hydrogens is 448 g/mol. The van der Waals surface area contributed by atoms with Gasteiger partial charge >= 0.3 is 0 Å². The third-order valence-electron chi connectivity index (χ3n) is 7.41. The Morgan fingerprint density at radius 1 is 0.944 bits per heavy atom. The molecule has 0 unspecified atom stereocenters. The normalized spacial score (nSPS) is 21.4. The molecule has 5 nitrogen and oxygen atoms in total. The molecule has 3 aromatic rings. The van der Waals surface area contributed by atoms with Gasteiger partial charge in [0.05, 0.1) is 20.1 Å². The molecule has 0 bridgehead atoms. The number of aliphatic hydroxyl groups is 1. The van der Waals surface area contributed by atoms with Crippen LogP contribution in [-0.4, -0.2) is 66.2 Å². The monoisotopic (exact) mass is 480 g/mol. The lowest BCUT2D eigenvalue weighted by Crippen LogP contribution is -2.65. The zero-order chi connectivity index (χ0) is 24.9. The predicted octanol–water partition coefficient (Wildman–Crippen LogP) is 3.70. The van der Waals surface area contributed by atoms with Crippen molar-refractivity contribution in [3.8, 4) is 17.6 Å². The molecule has 1 N–H and O–H groups in total. The van der Waals surface area contributed by atoms with E-state index in [2.05, 4.69) is 41.0 Å². The number of nitrogens with zero attached hydrogens (tertiary/aromatic N) is 2. The number of aliphatic hydroxyl groups excluding tert-OH is 1. The fourth-order valence-corrected chi connectivity index (χ4v) is 5.50. The van der Waals surface area contributed by atoms with Gasteiger partial charge in [0.15, 0.2) is 0 Å². The Hall–Kier alpha value is -3.59. The summed E-state index contributed by atoms with van der Waals surface area (Å²) in [5, 5.41) is 10.2. The second-order valence-corrected chi connectivity index (χ2v) is 9.54. The maximum absolute atomic E-state index is 13.2. The van der Waals surface area contributed by atoms with Crippen LogP contribution in [-0.2, 0) is 11.2 Å². The molecule has 5 heteroatoms. The van der Waals surface area contributed by atoms with Gasteiger partial charge in [-0.25, -0.2) is 0 Å². The first-order chi connectivity index (χ1) is 17.7. The van der Waals surface area contributed by atoms with Gasteiger partial charge in [0.1, 0.15) is 5.75 Å². The summed E-state index contributed by atoms with van der Waals surface area (Å²) in [6.45, 7) is 2.46. The van der Waals surface area contributed by atoms with Gasteiger partial charge in [-0.05, 0) is 53.9 Å². The number of hydrogen-bond acceptors (Lipinski definition) is 4. The van der Waals surface area contributed by atoms with E-state index >= 15 is 0 Å². The second-order valence-electron chi connectivity index (χ2n) is 9.54. The number of amides is 1. The first kappa shape index (κ1) is 24.1. The van der Waals surface area contributed by atoms with Crippen molar-refractivity contribution in [3.05, 3.63) is 101 Å². The molecule has 2 saturated heterocycles. The standard InChI is InChI=1S/C31H32N2O3/c1-36-27-16-12-25(13-17-27)20-30(35)32-18-5-19-33-28(21-32)31(29(33)22-34)26-14-10-24(11-15-26)9-8-23-6-3-2-4-7-23/h2-4,6-7,10-17,28-29,31,34H,5,18-22H2,1H3/t28-,29+,31+/m0/s1. The highest BCUT2D eigenvalue weighted by Gasteiger charge is 2.50. The van der Waals surface area contributed by atoms with Crippen LogP contribution in [0.25, 0.3) is 0 Å². The third kappa shape index (κ3) is 5.16.